The second-order valence-corrected chi connectivity index (χ2v) is 10.9. The van der Waals surface area contributed by atoms with Crippen LogP contribution in [0, 0.1) is 11.6 Å². The SMILES string of the molecule is CC(C)(C)OC(=O)NCC(=O)OC(CN=CN=NN)(c1ccc(F)cc1F)C(F)(F)c1ccc(-c2ccc(OCC(F)(F)F)cc2)cn1. The molecule has 18 heteroatoms. The van der Waals surface area contributed by atoms with Gasteiger partial charge in [-0.1, -0.05) is 23.4 Å². The molecule has 1 atom stereocenters. The molecule has 0 fully saturated rings. The largest absolute Gasteiger partial charge is 0.484 e. The summed E-state index contributed by atoms with van der Waals surface area (Å²) in [6.45, 7) is 0.828. The number of rotatable bonds is 12. The maximum Gasteiger partial charge on any atom is 0.422 e. The first-order valence-electron chi connectivity index (χ1n) is 13.7. The molecule has 11 nitrogen and oxygen atoms in total. The van der Waals surface area contributed by atoms with E-state index in [1.54, 1.807) is 0 Å². The lowest BCUT2D eigenvalue weighted by Gasteiger charge is -2.38. The number of aromatic nitrogens is 1. The first-order chi connectivity index (χ1) is 22.4. The maximum absolute atomic E-state index is 16.7. The van der Waals surface area contributed by atoms with Gasteiger partial charge in [0.2, 0.25) is 5.60 Å². The number of halogens is 7. The van der Waals surface area contributed by atoms with Crippen LogP contribution < -0.4 is 15.9 Å². The first-order valence-corrected chi connectivity index (χ1v) is 13.7. The molecule has 0 spiro atoms. The molecule has 0 radical (unpaired) electrons. The molecule has 0 aliphatic rings. The molecule has 0 aliphatic heterocycles. The monoisotopic (exact) mass is 686 g/mol. The van der Waals surface area contributed by atoms with E-state index in [1.807, 2.05) is 5.32 Å². The predicted octanol–water partition coefficient (Wildman–Crippen LogP) is 6.38. The van der Waals surface area contributed by atoms with Crippen molar-refractivity contribution >= 4 is 18.4 Å². The summed E-state index contributed by atoms with van der Waals surface area (Å²) in [5, 5.41) is 8.18. The zero-order valence-corrected chi connectivity index (χ0v) is 25.5. The number of esters is 1. The smallest absolute Gasteiger partial charge is 0.422 e. The molecule has 48 heavy (non-hydrogen) atoms. The Morgan fingerprint density at radius 3 is 2.17 bits per heavy atom. The number of hydrogen-bond acceptors (Lipinski definition) is 8. The van der Waals surface area contributed by atoms with Crippen molar-refractivity contribution in [2.75, 3.05) is 19.7 Å². The number of carbonyl (C=O) groups is 2. The van der Waals surface area contributed by atoms with Gasteiger partial charge in [0.25, 0.3) is 0 Å². The van der Waals surface area contributed by atoms with E-state index in [0.717, 1.165) is 12.3 Å². The summed E-state index contributed by atoms with van der Waals surface area (Å²) in [6.07, 6.45) is -4.04. The van der Waals surface area contributed by atoms with Gasteiger partial charge in [-0.2, -0.15) is 22.0 Å². The third-order valence-electron chi connectivity index (χ3n) is 6.13. The lowest BCUT2D eigenvalue weighted by atomic mass is 9.84. The van der Waals surface area contributed by atoms with Crippen molar-refractivity contribution in [1.29, 1.82) is 0 Å². The molecule has 0 saturated carbocycles. The summed E-state index contributed by atoms with van der Waals surface area (Å²) < 4.78 is 115. The normalized spacial score (nSPS) is 13.7. The lowest BCUT2D eigenvalue weighted by molar-refractivity contribution is -0.221. The fourth-order valence-corrected chi connectivity index (χ4v) is 4.11. The van der Waals surface area contributed by atoms with Gasteiger partial charge in [0.1, 0.15) is 41.6 Å². The average molecular weight is 687 g/mol. The Kier molecular flexibility index (Phi) is 11.7. The standard InChI is InChI=1S/C30H29F7N6O5/c1-27(2,3)48-26(45)41-14-25(44)47-28(15-39-17-42-43-38,22-10-7-20(31)12-23(22)32)30(36,37)24-11-6-19(13-40-24)18-4-8-21(9-5-18)46-16-29(33,34)35/h4-13,17H,14-16H2,1-3H3,(H,41,45)(H2,38,39,42). The maximum atomic E-state index is 16.7. The topological polar surface area (TPSA) is 150 Å². The average Bonchev–Trinajstić information content (AvgIpc) is 3.00. The van der Waals surface area contributed by atoms with Crippen molar-refractivity contribution in [1.82, 2.24) is 10.3 Å². The number of nitrogens with zero attached hydrogens (tertiary/aromatic N) is 4. The van der Waals surface area contributed by atoms with Crippen LogP contribution >= 0.6 is 0 Å². The number of alkyl halides is 5. The first kappa shape index (κ1) is 37.2. The number of pyridine rings is 1. The van der Waals surface area contributed by atoms with Gasteiger partial charge in [0.15, 0.2) is 6.61 Å². The number of alkyl carbamates (subject to hydrolysis) is 1. The zero-order valence-electron chi connectivity index (χ0n) is 25.5. The number of hydrogen-bond donors (Lipinski definition) is 2. The molecule has 2 aromatic carbocycles. The number of carbonyl (C=O) groups excluding carboxylic acids is 2. The van der Waals surface area contributed by atoms with Crippen LogP contribution in [0.25, 0.3) is 11.1 Å². The summed E-state index contributed by atoms with van der Waals surface area (Å²) in [5.74, 6) is -3.78. The molecule has 0 aliphatic carbocycles. The number of nitrogens with one attached hydrogen (secondary N) is 1. The molecule has 1 aromatic heterocycles. The molecule has 1 heterocycles. The van der Waals surface area contributed by atoms with Crippen LogP contribution in [-0.4, -0.2) is 54.9 Å². The molecule has 0 bridgehead atoms. The van der Waals surface area contributed by atoms with E-state index in [1.165, 1.54) is 51.1 Å². The second kappa shape index (κ2) is 15.1. The van der Waals surface area contributed by atoms with Gasteiger partial charge in [-0.25, -0.2) is 13.6 Å². The third-order valence-corrected chi connectivity index (χ3v) is 6.13. The highest BCUT2D eigenvalue weighted by Gasteiger charge is 2.61. The summed E-state index contributed by atoms with van der Waals surface area (Å²) in [5.41, 5.74) is -5.84. The van der Waals surface area contributed by atoms with E-state index >= 15 is 13.2 Å². The predicted molar refractivity (Wildman–Crippen MR) is 156 cm³/mol. The molecule has 3 N–H and O–H groups in total. The minimum Gasteiger partial charge on any atom is -0.484 e. The zero-order chi connectivity index (χ0) is 35.8. The Morgan fingerprint density at radius 1 is 0.938 bits per heavy atom. The number of amides is 1. The van der Waals surface area contributed by atoms with Gasteiger partial charge in [-0.3, -0.25) is 14.8 Å². The van der Waals surface area contributed by atoms with Crippen LogP contribution in [-0.2, 0) is 25.8 Å². The Labute approximate surface area is 269 Å². The highest BCUT2D eigenvalue weighted by molar-refractivity contribution is 5.78. The van der Waals surface area contributed by atoms with Crippen LogP contribution in [0.1, 0.15) is 32.0 Å². The van der Waals surface area contributed by atoms with Crippen molar-refractivity contribution in [3.63, 3.8) is 0 Å². The van der Waals surface area contributed by atoms with Crippen LogP contribution in [0.4, 0.5) is 35.5 Å². The minimum absolute atomic E-state index is 0.101. The van der Waals surface area contributed by atoms with Gasteiger partial charge < -0.3 is 25.4 Å². The molecule has 3 rings (SSSR count). The summed E-state index contributed by atoms with van der Waals surface area (Å²) in [7, 11) is 0. The van der Waals surface area contributed by atoms with Gasteiger partial charge >= 0.3 is 24.2 Å². The van der Waals surface area contributed by atoms with Crippen molar-refractivity contribution in [2.45, 2.75) is 44.1 Å². The van der Waals surface area contributed by atoms with Crippen LogP contribution in [0.15, 0.2) is 76.1 Å². The molecule has 1 unspecified atom stereocenters. The lowest BCUT2D eigenvalue weighted by Crippen LogP contribution is -2.52. The molecular weight excluding hydrogens is 657 g/mol. The van der Waals surface area contributed by atoms with Crippen molar-refractivity contribution in [3.05, 3.63) is 83.7 Å². The van der Waals surface area contributed by atoms with Gasteiger partial charge in [0.05, 0.1) is 6.54 Å². The molecule has 258 valence electrons. The number of benzene rings is 2. The summed E-state index contributed by atoms with van der Waals surface area (Å²) >= 11 is 0. The molecular formula is C30H29F7N6O5. The van der Waals surface area contributed by atoms with Crippen LogP contribution in [0.5, 0.6) is 5.75 Å². The molecule has 0 saturated heterocycles. The molecule has 1 amide bonds. The second-order valence-electron chi connectivity index (χ2n) is 10.9. The van der Waals surface area contributed by atoms with Crippen molar-refractivity contribution in [2.24, 2.45) is 21.2 Å². The Balaban J connectivity index is 2.05. The quantitative estimate of drug-likeness (QED) is 0.0427. The van der Waals surface area contributed by atoms with Gasteiger partial charge in [-0.15, -0.1) is 5.11 Å². The van der Waals surface area contributed by atoms with Gasteiger partial charge in [0, 0.05) is 23.4 Å². The van der Waals surface area contributed by atoms with Crippen LogP contribution in [0.3, 0.4) is 0 Å². The van der Waals surface area contributed by atoms with E-state index < -0.39 is 78.0 Å². The summed E-state index contributed by atoms with van der Waals surface area (Å²) in [4.78, 5) is 32.5. The highest BCUT2D eigenvalue weighted by Crippen LogP contribution is 2.49. The van der Waals surface area contributed by atoms with E-state index in [0.29, 0.717) is 24.0 Å². The van der Waals surface area contributed by atoms with E-state index in [9.17, 15) is 27.2 Å². The van der Waals surface area contributed by atoms with Gasteiger partial charge in [-0.05, 0) is 56.7 Å². The number of nitrogens with two attached hydrogens (primary N) is 1. The fraction of sp³-hybridized carbons (Fsp3) is 0.333. The molecule has 3 aromatic rings. The third kappa shape index (κ3) is 9.85. The Hall–Kier alpha value is -5.29. The summed E-state index contributed by atoms with van der Waals surface area (Å²) in [6, 6.07) is 8.75. The Bertz CT molecular complexity index is 1630. The van der Waals surface area contributed by atoms with E-state index in [2.05, 4.69) is 25.1 Å². The Morgan fingerprint density at radius 2 is 1.60 bits per heavy atom. The van der Waals surface area contributed by atoms with E-state index in [-0.39, 0.29) is 17.4 Å². The van der Waals surface area contributed by atoms with E-state index in [4.69, 9.17) is 15.3 Å². The number of aliphatic imine (C=N–C) groups is 1. The van der Waals surface area contributed by atoms with Crippen molar-refractivity contribution in [3.8, 4) is 16.9 Å². The number of ether oxygens (including phenoxy) is 3. The van der Waals surface area contributed by atoms with Crippen molar-refractivity contribution < 1.29 is 54.5 Å². The highest BCUT2D eigenvalue weighted by atomic mass is 19.4. The minimum atomic E-state index is -4.56. The van der Waals surface area contributed by atoms with Crippen LogP contribution in [0.2, 0.25) is 0 Å². The fourth-order valence-electron chi connectivity index (χ4n) is 4.11.